The topological polar surface area (TPSA) is 65.6 Å². The summed E-state index contributed by atoms with van der Waals surface area (Å²) in [6.07, 6.45) is -3.16. The van der Waals surface area contributed by atoms with Crippen molar-refractivity contribution in [1.82, 2.24) is 24.1 Å². The van der Waals surface area contributed by atoms with Gasteiger partial charge < -0.3 is 4.57 Å². The van der Waals surface area contributed by atoms with Gasteiger partial charge in [-0.3, -0.25) is 9.36 Å². The van der Waals surface area contributed by atoms with Crippen molar-refractivity contribution >= 4 is 34.1 Å². The highest BCUT2D eigenvalue weighted by molar-refractivity contribution is 7.10. The smallest absolute Gasteiger partial charge is 0.318 e. The number of aryl methyl sites for hydroxylation is 1. The van der Waals surface area contributed by atoms with E-state index in [-0.39, 0.29) is 22.7 Å². The highest BCUT2D eigenvalue weighted by Gasteiger charge is 2.35. The maximum absolute atomic E-state index is 13.0. The fraction of sp³-hybridized carbons (Fsp3) is 0.125. The summed E-state index contributed by atoms with van der Waals surface area (Å²) < 4.78 is 41.6. The third-order valence-corrected chi connectivity index (χ3v) is 4.93. The first-order valence-corrected chi connectivity index (χ1v) is 8.74. The van der Waals surface area contributed by atoms with Crippen LogP contribution in [0.1, 0.15) is 5.01 Å². The minimum absolute atomic E-state index is 0.00910. The number of hydrogen-bond acceptors (Lipinski definition) is 5. The first kappa shape index (κ1) is 17.7. The Morgan fingerprint density at radius 2 is 1.85 bits per heavy atom. The van der Waals surface area contributed by atoms with Crippen molar-refractivity contribution in [2.75, 3.05) is 0 Å². The van der Waals surface area contributed by atoms with E-state index in [2.05, 4.69) is 15.0 Å². The third kappa shape index (κ3) is 3.00. The molecule has 0 radical (unpaired) electrons. The summed E-state index contributed by atoms with van der Waals surface area (Å²) in [6.45, 7) is 0. The van der Waals surface area contributed by atoms with E-state index in [4.69, 9.17) is 11.6 Å². The molecular formula is C16H9ClF3N5OS. The van der Waals surface area contributed by atoms with Crippen LogP contribution in [0.5, 0.6) is 0 Å². The maximum atomic E-state index is 13.0. The summed E-state index contributed by atoms with van der Waals surface area (Å²) >= 11 is 6.33. The molecule has 0 unspecified atom stereocenters. The van der Waals surface area contributed by atoms with Crippen molar-refractivity contribution in [1.29, 1.82) is 0 Å². The quantitative estimate of drug-likeness (QED) is 0.501. The largest absolute Gasteiger partial charge is 0.443 e. The molecule has 0 aliphatic rings. The fourth-order valence-electron chi connectivity index (χ4n) is 2.57. The van der Waals surface area contributed by atoms with Gasteiger partial charge in [-0.2, -0.15) is 13.2 Å². The number of rotatable bonds is 2. The van der Waals surface area contributed by atoms with E-state index in [0.29, 0.717) is 22.0 Å². The van der Waals surface area contributed by atoms with Gasteiger partial charge in [0.15, 0.2) is 22.0 Å². The molecule has 11 heteroatoms. The Balaban J connectivity index is 2.04. The molecule has 0 amide bonds. The predicted octanol–water partition coefficient (Wildman–Crippen LogP) is 3.91. The van der Waals surface area contributed by atoms with Crippen LogP contribution in [-0.2, 0) is 13.2 Å². The Kier molecular flexibility index (Phi) is 4.04. The number of fused-ring (bicyclic) bond motifs is 1. The third-order valence-electron chi connectivity index (χ3n) is 3.80. The molecule has 0 bridgehead atoms. The Labute approximate surface area is 158 Å². The predicted molar refractivity (Wildman–Crippen MR) is 95.2 cm³/mol. The van der Waals surface area contributed by atoms with Crippen molar-refractivity contribution in [3.63, 3.8) is 0 Å². The van der Waals surface area contributed by atoms with Crippen molar-refractivity contribution in [3.8, 4) is 17.2 Å². The lowest BCUT2D eigenvalue weighted by atomic mass is 10.3. The van der Waals surface area contributed by atoms with E-state index < -0.39 is 16.7 Å². The highest BCUT2D eigenvalue weighted by Crippen LogP contribution is 2.34. The molecule has 0 saturated carbocycles. The van der Waals surface area contributed by atoms with Crippen molar-refractivity contribution in [2.45, 2.75) is 6.18 Å². The average molecular weight is 412 g/mol. The monoisotopic (exact) mass is 411 g/mol. The second-order valence-corrected chi connectivity index (χ2v) is 6.91. The molecule has 0 spiro atoms. The van der Waals surface area contributed by atoms with Gasteiger partial charge in [0.1, 0.15) is 5.69 Å². The van der Waals surface area contributed by atoms with Crippen LogP contribution in [0.15, 0.2) is 40.8 Å². The van der Waals surface area contributed by atoms with Gasteiger partial charge in [-0.1, -0.05) is 11.6 Å². The first-order valence-electron chi connectivity index (χ1n) is 7.49. The Morgan fingerprint density at radius 3 is 2.48 bits per heavy atom. The van der Waals surface area contributed by atoms with Gasteiger partial charge in [-0.05, 0) is 24.3 Å². The lowest BCUT2D eigenvalue weighted by Gasteiger charge is -2.11. The number of nitrogens with zero attached hydrogens (tertiary/aromatic N) is 5. The molecule has 1 aromatic carbocycles. The van der Waals surface area contributed by atoms with E-state index in [1.807, 2.05) is 0 Å². The molecule has 0 saturated heterocycles. The van der Waals surface area contributed by atoms with E-state index in [1.165, 1.54) is 20.8 Å². The van der Waals surface area contributed by atoms with E-state index in [9.17, 15) is 18.0 Å². The van der Waals surface area contributed by atoms with Crippen molar-refractivity contribution < 1.29 is 13.2 Å². The molecule has 0 N–H and O–H groups in total. The Bertz CT molecular complexity index is 1210. The zero-order chi connectivity index (χ0) is 19.3. The lowest BCUT2D eigenvalue weighted by Crippen LogP contribution is -2.22. The summed E-state index contributed by atoms with van der Waals surface area (Å²) in [7, 11) is 1.64. The summed E-state index contributed by atoms with van der Waals surface area (Å²) in [5.41, 5.74) is 0.173. The van der Waals surface area contributed by atoms with Crippen LogP contribution in [-0.4, -0.2) is 24.1 Å². The molecule has 6 nitrogen and oxygen atoms in total. The molecular weight excluding hydrogens is 403 g/mol. The van der Waals surface area contributed by atoms with Gasteiger partial charge in [-0.25, -0.2) is 15.0 Å². The van der Waals surface area contributed by atoms with Crippen LogP contribution >= 0.6 is 22.9 Å². The van der Waals surface area contributed by atoms with Gasteiger partial charge >= 0.3 is 6.18 Å². The lowest BCUT2D eigenvalue weighted by molar-refractivity contribution is -0.137. The number of imidazole rings is 1. The molecule has 3 aromatic heterocycles. The number of halogens is 4. The SMILES string of the molecule is Cn1cnc2c(=O)n(-c3ccc(Cl)cc3)c(-c3csc(C(F)(F)F)n3)nc21. The van der Waals surface area contributed by atoms with E-state index in [0.717, 1.165) is 0 Å². The van der Waals surface area contributed by atoms with Crippen LogP contribution in [0.3, 0.4) is 0 Å². The van der Waals surface area contributed by atoms with Gasteiger partial charge in [0.25, 0.3) is 5.56 Å². The fourth-order valence-corrected chi connectivity index (χ4v) is 3.36. The molecule has 0 aliphatic heterocycles. The van der Waals surface area contributed by atoms with Crippen LogP contribution in [0.2, 0.25) is 5.02 Å². The summed E-state index contributed by atoms with van der Waals surface area (Å²) in [5, 5.41) is 0.659. The molecule has 0 fully saturated rings. The highest BCUT2D eigenvalue weighted by atomic mass is 35.5. The molecule has 0 aliphatic carbocycles. The maximum Gasteiger partial charge on any atom is 0.443 e. The number of alkyl halides is 3. The number of aromatic nitrogens is 5. The molecule has 4 aromatic rings. The van der Waals surface area contributed by atoms with Gasteiger partial charge in [0.05, 0.1) is 12.0 Å². The molecule has 27 heavy (non-hydrogen) atoms. The van der Waals surface area contributed by atoms with Crippen LogP contribution in [0.4, 0.5) is 13.2 Å². The first-order chi connectivity index (χ1) is 12.8. The van der Waals surface area contributed by atoms with E-state index in [1.54, 1.807) is 31.3 Å². The van der Waals surface area contributed by atoms with Crippen molar-refractivity contribution in [3.05, 3.63) is 56.4 Å². The molecule has 3 heterocycles. The van der Waals surface area contributed by atoms with Crippen LogP contribution < -0.4 is 5.56 Å². The van der Waals surface area contributed by atoms with Crippen molar-refractivity contribution in [2.24, 2.45) is 7.05 Å². The van der Waals surface area contributed by atoms with Gasteiger partial charge in [0, 0.05) is 17.5 Å². The molecule has 138 valence electrons. The van der Waals surface area contributed by atoms with Crippen LogP contribution in [0.25, 0.3) is 28.4 Å². The van der Waals surface area contributed by atoms with Gasteiger partial charge in [0.2, 0.25) is 0 Å². The normalized spacial score (nSPS) is 12.0. The van der Waals surface area contributed by atoms with Gasteiger partial charge in [-0.15, -0.1) is 11.3 Å². The van der Waals surface area contributed by atoms with E-state index >= 15 is 0 Å². The second-order valence-electron chi connectivity index (χ2n) is 5.62. The average Bonchev–Trinajstić information content (AvgIpc) is 3.23. The summed E-state index contributed by atoms with van der Waals surface area (Å²) in [4.78, 5) is 25.0. The number of hydrogen-bond donors (Lipinski definition) is 0. The minimum Gasteiger partial charge on any atom is -0.318 e. The second kappa shape index (κ2) is 6.17. The zero-order valence-electron chi connectivity index (χ0n) is 13.5. The zero-order valence-corrected chi connectivity index (χ0v) is 15.1. The summed E-state index contributed by atoms with van der Waals surface area (Å²) in [6, 6.07) is 6.28. The molecule has 0 atom stereocenters. The summed E-state index contributed by atoms with van der Waals surface area (Å²) in [5.74, 6) is -0.00910. The van der Waals surface area contributed by atoms with Crippen LogP contribution in [0, 0.1) is 0 Å². The number of thiazole rings is 1. The molecule has 4 rings (SSSR count). The minimum atomic E-state index is -4.58. The standard InChI is InChI=1S/C16H9ClF3N5OS/c1-24-7-21-11-13(24)23-12(10-6-27-15(22-10)16(18,19)20)25(14(11)26)9-4-2-8(17)3-5-9/h2-7H,1H3. The Hall–Kier alpha value is -2.72. The Morgan fingerprint density at radius 1 is 1.15 bits per heavy atom. The number of benzene rings is 1.